The van der Waals surface area contributed by atoms with E-state index in [9.17, 15) is 0 Å². The Morgan fingerprint density at radius 1 is 1.12 bits per heavy atom. The van der Waals surface area contributed by atoms with Gasteiger partial charge in [0.15, 0.2) is 16.8 Å². The molecule has 3 aromatic heterocycles. The lowest BCUT2D eigenvalue weighted by Gasteiger charge is -2.04. The fourth-order valence-electron chi connectivity index (χ4n) is 2.41. The summed E-state index contributed by atoms with van der Waals surface area (Å²) in [6.45, 7) is 2.90. The summed E-state index contributed by atoms with van der Waals surface area (Å²) in [6.07, 6.45) is 0. The van der Waals surface area contributed by atoms with Crippen molar-refractivity contribution in [3.63, 3.8) is 0 Å². The van der Waals surface area contributed by atoms with E-state index in [2.05, 4.69) is 37.9 Å². The van der Waals surface area contributed by atoms with Crippen LogP contribution in [0.3, 0.4) is 0 Å². The molecule has 0 unspecified atom stereocenters. The molecule has 0 aliphatic heterocycles. The number of thiophene rings is 1. The van der Waals surface area contributed by atoms with Gasteiger partial charge in [-0.2, -0.15) is 4.98 Å². The highest BCUT2D eigenvalue weighted by atomic mass is 32.2. The maximum Gasteiger partial charge on any atom is 0.257 e. The molecule has 0 aliphatic rings. The Labute approximate surface area is 152 Å². The van der Waals surface area contributed by atoms with Crippen LogP contribution in [0.2, 0.25) is 0 Å². The van der Waals surface area contributed by atoms with Gasteiger partial charge in [0.05, 0.1) is 10.6 Å². The maximum atomic E-state index is 5.34. The molecule has 0 saturated carbocycles. The molecule has 4 aromatic rings. The Bertz CT molecular complexity index is 947. The molecule has 0 atom stereocenters. The quantitative estimate of drug-likeness (QED) is 0.470. The highest BCUT2D eigenvalue weighted by Gasteiger charge is 2.15. The first kappa shape index (κ1) is 16.0. The second kappa shape index (κ2) is 7.20. The minimum atomic E-state index is 0.535. The Kier molecular flexibility index (Phi) is 4.62. The van der Waals surface area contributed by atoms with Gasteiger partial charge in [-0.25, -0.2) is 0 Å². The van der Waals surface area contributed by atoms with E-state index in [-0.39, 0.29) is 0 Å². The molecule has 8 heteroatoms. The molecule has 0 fully saturated rings. The first-order valence-corrected chi connectivity index (χ1v) is 9.69. The highest BCUT2D eigenvalue weighted by molar-refractivity contribution is 7.98. The normalized spacial score (nSPS) is 11.1. The van der Waals surface area contributed by atoms with Crippen LogP contribution in [0.25, 0.3) is 22.2 Å². The Morgan fingerprint density at radius 2 is 2.00 bits per heavy atom. The lowest BCUT2D eigenvalue weighted by atomic mass is 10.2. The molecule has 0 saturated heterocycles. The smallest absolute Gasteiger partial charge is 0.257 e. The van der Waals surface area contributed by atoms with Gasteiger partial charge in [-0.15, -0.1) is 21.5 Å². The number of rotatable bonds is 6. The fourth-order valence-corrected chi connectivity index (χ4v) is 3.97. The summed E-state index contributed by atoms with van der Waals surface area (Å²) in [4.78, 5) is 5.57. The van der Waals surface area contributed by atoms with E-state index in [0.717, 1.165) is 28.0 Å². The molecule has 0 N–H and O–H groups in total. The van der Waals surface area contributed by atoms with Crippen LogP contribution >= 0.6 is 23.1 Å². The lowest BCUT2D eigenvalue weighted by molar-refractivity contribution is 0.425. The van der Waals surface area contributed by atoms with Crippen LogP contribution < -0.4 is 0 Å². The van der Waals surface area contributed by atoms with Crippen molar-refractivity contribution in [1.29, 1.82) is 0 Å². The number of hydrogen-bond acceptors (Lipinski definition) is 7. The molecule has 3 heterocycles. The third kappa shape index (κ3) is 3.35. The van der Waals surface area contributed by atoms with Gasteiger partial charge in [0.25, 0.3) is 5.89 Å². The van der Waals surface area contributed by atoms with Crippen LogP contribution in [0.4, 0.5) is 0 Å². The number of thioether (sulfide) groups is 1. The third-order valence-corrected chi connectivity index (χ3v) is 5.42. The van der Waals surface area contributed by atoms with E-state index in [4.69, 9.17) is 4.52 Å². The second-order valence-electron chi connectivity index (χ2n) is 5.20. The zero-order valence-corrected chi connectivity index (χ0v) is 15.1. The summed E-state index contributed by atoms with van der Waals surface area (Å²) in [5.74, 6) is 2.66. The van der Waals surface area contributed by atoms with Crippen LogP contribution in [0, 0.1) is 0 Å². The van der Waals surface area contributed by atoms with Crippen molar-refractivity contribution >= 4 is 23.1 Å². The summed E-state index contributed by atoms with van der Waals surface area (Å²) in [5.41, 5.74) is 0.919. The molecular formula is C17H15N5OS2. The second-order valence-corrected chi connectivity index (χ2v) is 7.09. The molecule has 0 radical (unpaired) electrons. The first-order chi connectivity index (χ1) is 12.3. The summed E-state index contributed by atoms with van der Waals surface area (Å²) >= 11 is 3.22. The number of benzene rings is 1. The molecule has 4 rings (SSSR count). The van der Waals surface area contributed by atoms with Crippen LogP contribution in [0.1, 0.15) is 12.7 Å². The maximum absolute atomic E-state index is 5.34. The van der Waals surface area contributed by atoms with Gasteiger partial charge in [-0.1, -0.05) is 41.2 Å². The van der Waals surface area contributed by atoms with Gasteiger partial charge in [-0.05, 0) is 30.5 Å². The van der Waals surface area contributed by atoms with E-state index >= 15 is 0 Å². The highest BCUT2D eigenvalue weighted by Crippen LogP contribution is 2.28. The molecule has 6 nitrogen and oxygen atoms in total. The lowest BCUT2D eigenvalue weighted by Crippen LogP contribution is -1.99. The Hall–Kier alpha value is -2.45. The third-order valence-electron chi connectivity index (χ3n) is 3.59. The van der Waals surface area contributed by atoms with Crippen LogP contribution in [-0.4, -0.2) is 24.9 Å². The van der Waals surface area contributed by atoms with E-state index in [1.165, 1.54) is 0 Å². The van der Waals surface area contributed by atoms with Crippen LogP contribution in [0.15, 0.2) is 57.5 Å². The molecule has 0 amide bonds. The van der Waals surface area contributed by atoms with E-state index in [0.29, 0.717) is 17.5 Å². The van der Waals surface area contributed by atoms with Crippen molar-refractivity contribution < 1.29 is 4.52 Å². The van der Waals surface area contributed by atoms with Crippen molar-refractivity contribution in [3.05, 3.63) is 53.7 Å². The van der Waals surface area contributed by atoms with Gasteiger partial charge >= 0.3 is 0 Å². The van der Waals surface area contributed by atoms with Crippen molar-refractivity contribution in [2.45, 2.75) is 24.4 Å². The molecule has 25 heavy (non-hydrogen) atoms. The first-order valence-electron chi connectivity index (χ1n) is 7.83. The van der Waals surface area contributed by atoms with E-state index in [1.807, 2.05) is 41.8 Å². The number of aromatic nitrogens is 5. The summed E-state index contributed by atoms with van der Waals surface area (Å²) in [5, 5.41) is 15.6. The summed E-state index contributed by atoms with van der Waals surface area (Å²) in [6, 6.07) is 13.8. The molecule has 1 aromatic carbocycles. The Morgan fingerprint density at radius 3 is 2.76 bits per heavy atom. The van der Waals surface area contributed by atoms with Gasteiger partial charge in [0, 0.05) is 12.1 Å². The predicted molar refractivity (Wildman–Crippen MR) is 98.3 cm³/mol. The average Bonchev–Trinajstić information content (AvgIpc) is 3.39. The van der Waals surface area contributed by atoms with Crippen LogP contribution in [0.5, 0.6) is 0 Å². The van der Waals surface area contributed by atoms with Crippen LogP contribution in [-0.2, 0) is 12.3 Å². The zero-order chi connectivity index (χ0) is 17.1. The molecule has 0 bridgehead atoms. The summed E-state index contributed by atoms with van der Waals surface area (Å²) in [7, 11) is 0. The molecule has 0 aliphatic carbocycles. The summed E-state index contributed by atoms with van der Waals surface area (Å²) < 4.78 is 7.45. The van der Waals surface area contributed by atoms with E-state index in [1.54, 1.807) is 23.1 Å². The van der Waals surface area contributed by atoms with Gasteiger partial charge in [-0.3, -0.25) is 0 Å². The average molecular weight is 369 g/mol. The zero-order valence-electron chi connectivity index (χ0n) is 13.5. The van der Waals surface area contributed by atoms with Gasteiger partial charge in [0.1, 0.15) is 0 Å². The molecule has 126 valence electrons. The minimum absolute atomic E-state index is 0.535. The van der Waals surface area contributed by atoms with Gasteiger partial charge < -0.3 is 9.09 Å². The largest absolute Gasteiger partial charge is 0.334 e. The molecular weight excluding hydrogens is 354 g/mol. The predicted octanol–water partition coefficient (Wildman–Crippen LogP) is 4.37. The monoisotopic (exact) mass is 369 g/mol. The topological polar surface area (TPSA) is 69.6 Å². The standard InChI is InChI=1S/C17H15N5OS2/c1-2-22-15(13-9-6-10-24-13)19-20-17(22)25-11-14-18-16(23-21-14)12-7-4-3-5-8-12/h3-10H,2,11H2,1H3. The number of nitrogens with zero attached hydrogens (tertiary/aromatic N) is 5. The fraction of sp³-hybridized carbons (Fsp3) is 0.176. The molecule has 0 spiro atoms. The van der Waals surface area contributed by atoms with Crippen molar-refractivity contribution in [1.82, 2.24) is 24.9 Å². The minimum Gasteiger partial charge on any atom is -0.334 e. The van der Waals surface area contributed by atoms with Crippen molar-refractivity contribution in [3.8, 4) is 22.2 Å². The Balaban J connectivity index is 1.50. The van der Waals surface area contributed by atoms with Crippen molar-refractivity contribution in [2.24, 2.45) is 0 Å². The van der Waals surface area contributed by atoms with Gasteiger partial charge in [0.2, 0.25) is 0 Å². The van der Waals surface area contributed by atoms with Crippen molar-refractivity contribution in [2.75, 3.05) is 0 Å². The number of hydrogen-bond donors (Lipinski definition) is 0. The van der Waals surface area contributed by atoms with E-state index < -0.39 is 0 Å². The SMILES string of the molecule is CCn1c(SCc2noc(-c3ccccc3)n2)nnc1-c1cccs1.